The fraction of sp³-hybridized carbons (Fsp3) is 0.562. The minimum Gasteiger partial charge on any atom is -0.493 e. The molecule has 1 rings (SSSR count). The molecule has 3 N–H and O–H groups in total. The zero-order valence-electron chi connectivity index (χ0n) is 13.9. The third-order valence-electron chi connectivity index (χ3n) is 3.54. The molecule has 0 saturated carbocycles. The third-order valence-corrected chi connectivity index (χ3v) is 3.54. The number of carbonyl (C=O) groups is 1. The van der Waals surface area contributed by atoms with Crippen LogP contribution in [0.3, 0.4) is 0 Å². The minimum absolute atomic E-state index is 0.0618. The second-order valence-electron chi connectivity index (χ2n) is 5.48. The summed E-state index contributed by atoms with van der Waals surface area (Å²) in [6.45, 7) is 5.64. The quantitative estimate of drug-likeness (QED) is 0.789. The van der Waals surface area contributed by atoms with Gasteiger partial charge < -0.3 is 25.2 Å². The van der Waals surface area contributed by atoms with Gasteiger partial charge in [-0.05, 0) is 26.8 Å². The summed E-state index contributed by atoms with van der Waals surface area (Å²) in [4.78, 5) is 14.1. The van der Waals surface area contributed by atoms with E-state index in [9.17, 15) is 9.90 Å². The predicted molar refractivity (Wildman–Crippen MR) is 84.9 cm³/mol. The van der Waals surface area contributed by atoms with Crippen LogP contribution < -0.4 is 15.2 Å². The lowest BCUT2D eigenvalue weighted by Gasteiger charge is -2.31. The van der Waals surface area contributed by atoms with Crippen molar-refractivity contribution in [1.82, 2.24) is 4.90 Å². The van der Waals surface area contributed by atoms with Crippen LogP contribution in [0.4, 0.5) is 0 Å². The highest BCUT2D eigenvalue weighted by Gasteiger charge is 2.27. The number of nitrogens with two attached hydrogens (primary N) is 1. The maximum atomic E-state index is 12.5. The smallest absolute Gasteiger partial charge is 0.242 e. The number of carbonyl (C=O) groups excluding carboxylic acids is 1. The number of rotatable bonds is 7. The van der Waals surface area contributed by atoms with Crippen molar-refractivity contribution in [3.8, 4) is 11.5 Å². The number of hydrogen-bond donors (Lipinski definition) is 2. The van der Waals surface area contributed by atoms with E-state index in [2.05, 4.69) is 0 Å². The van der Waals surface area contributed by atoms with Crippen LogP contribution in [0.25, 0.3) is 0 Å². The predicted octanol–water partition coefficient (Wildman–Crippen LogP) is 1.15. The Kier molecular flexibility index (Phi) is 6.64. The molecule has 0 aromatic heterocycles. The van der Waals surface area contributed by atoms with Gasteiger partial charge in [-0.1, -0.05) is 12.1 Å². The SMILES string of the molecule is COc1cccc(CN(C(=O)[C@@H](N)[C@@H](C)O)C(C)C)c1OC. The summed E-state index contributed by atoms with van der Waals surface area (Å²) in [6.07, 6.45) is -0.902. The van der Waals surface area contributed by atoms with Gasteiger partial charge in [-0.3, -0.25) is 4.79 Å². The van der Waals surface area contributed by atoms with E-state index in [4.69, 9.17) is 15.2 Å². The number of aliphatic hydroxyl groups excluding tert-OH is 1. The fourth-order valence-corrected chi connectivity index (χ4v) is 2.17. The normalized spacial score (nSPS) is 13.6. The van der Waals surface area contributed by atoms with E-state index in [1.807, 2.05) is 26.0 Å². The highest BCUT2D eigenvalue weighted by atomic mass is 16.5. The Labute approximate surface area is 131 Å². The lowest BCUT2D eigenvalue weighted by Crippen LogP contribution is -2.51. The summed E-state index contributed by atoms with van der Waals surface area (Å²) in [5.41, 5.74) is 6.60. The second-order valence-corrected chi connectivity index (χ2v) is 5.48. The first-order valence-corrected chi connectivity index (χ1v) is 7.27. The van der Waals surface area contributed by atoms with E-state index in [1.54, 1.807) is 25.2 Å². The molecule has 0 aliphatic carbocycles. The summed E-state index contributed by atoms with van der Waals surface area (Å²) in [5.74, 6) is 0.903. The van der Waals surface area contributed by atoms with Crippen molar-refractivity contribution in [3.05, 3.63) is 23.8 Å². The van der Waals surface area contributed by atoms with Crippen LogP contribution in [-0.2, 0) is 11.3 Å². The lowest BCUT2D eigenvalue weighted by molar-refractivity contribution is -0.137. The highest BCUT2D eigenvalue weighted by molar-refractivity contribution is 5.82. The van der Waals surface area contributed by atoms with Crippen LogP contribution >= 0.6 is 0 Å². The van der Waals surface area contributed by atoms with Crippen LogP contribution in [0.2, 0.25) is 0 Å². The molecule has 1 aromatic carbocycles. The monoisotopic (exact) mass is 310 g/mol. The van der Waals surface area contributed by atoms with Crippen molar-refractivity contribution in [2.45, 2.75) is 45.5 Å². The number of methoxy groups -OCH3 is 2. The van der Waals surface area contributed by atoms with E-state index in [0.29, 0.717) is 18.0 Å². The van der Waals surface area contributed by atoms with Gasteiger partial charge in [-0.15, -0.1) is 0 Å². The van der Waals surface area contributed by atoms with Crippen LogP contribution in [0.1, 0.15) is 26.3 Å². The molecule has 0 spiro atoms. The van der Waals surface area contributed by atoms with Gasteiger partial charge in [0.25, 0.3) is 0 Å². The third kappa shape index (κ3) is 4.11. The van der Waals surface area contributed by atoms with E-state index in [0.717, 1.165) is 5.56 Å². The number of para-hydroxylation sites is 1. The molecule has 2 atom stereocenters. The number of aliphatic hydroxyl groups is 1. The van der Waals surface area contributed by atoms with Crippen LogP contribution in [0.5, 0.6) is 11.5 Å². The number of hydrogen-bond acceptors (Lipinski definition) is 5. The highest BCUT2D eigenvalue weighted by Crippen LogP contribution is 2.31. The number of amides is 1. The molecule has 1 aromatic rings. The van der Waals surface area contributed by atoms with Gasteiger partial charge in [-0.25, -0.2) is 0 Å². The molecular weight excluding hydrogens is 284 g/mol. The molecule has 0 aliphatic rings. The Morgan fingerprint density at radius 3 is 2.36 bits per heavy atom. The maximum absolute atomic E-state index is 12.5. The Balaban J connectivity index is 3.09. The van der Waals surface area contributed by atoms with Gasteiger partial charge in [-0.2, -0.15) is 0 Å². The maximum Gasteiger partial charge on any atom is 0.242 e. The van der Waals surface area contributed by atoms with Gasteiger partial charge >= 0.3 is 0 Å². The molecular formula is C16H26N2O4. The Hall–Kier alpha value is -1.79. The summed E-state index contributed by atoms with van der Waals surface area (Å²) in [6, 6.07) is 4.50. The van der Waals surface area contributed by atoms with Crippen molar-refractivity contribution in [2.75, 3.05) is 14.2 Å². The van der Waals surface area contributed by atoms with Crippen molar-refractivity contribution in [2.24, 2.45) is 5.73 Å². The fourth-order valence-electron chi connectivity index (χ4n) is 2.17. The molecule has 22 heavy (non-hydrogen) atoms. The molecule has 6 nitrogen and oxygen atoms in total. The van der Waals surface area contributed by atoms with Crippen molar-refractivity contribution >= 4 is 5.91 Å². The number of benzene rings is 1. The summed E-state index contributed by atoms with van der Waals surface area (Å²) >= 11 is 0. The van der Waals surface area contributed by atoms with Crippen LogP contribution in [0, 0.1) is 0 Å². The first kappa shape index (κ1) is 18.3. The molecule has 0 fully saturated rings. The van der Waals surface area contributed by atoms with Gasteiger partial charge in [0, 0.05) is 18.2 Å². The molecule has 0 bridgehead atoms. The molecule has 1 amide bonds. The van der Waals surface area contributed by atoms with E-state index < -0.39 is 12.1 Å². The van der Waals surface area contributed by atoms with Crippen molar-refractivity contribution in [3.63, 3.8) is 0 Å². The molecule has 124 valence electrons. The molecule has 0 radical (unpaired) electrons. The molecule has 0 saturated heterocycles. The zero-order chi connectivity index (χ0) is 16.9. The number of nitrogens with zero attached hydrogens (tertiary/aromatic N) is 1. The van der Waals surface area contributed by atoms with Crippen LogP contribution in [0.15, 0.2) is 18.2 Å². The standard InChI is InChI=1S/C16H26N2O4/c1-10(2)18(16(20)14(17)11(3)19)9-12-7-6-8-13(21-4)15(12)22-5/h6-8,10-11,14,19H,9,17H2,1-5H3/t11-,14+/m1/s1. The minimum atomic E-state index is -0.945. The van der Waals surface area contributed by atoms with Crippen molar-refractivity contribution in [1.29, 1.82) is 0 Å². The number of ether oxygens (including phenoxy) is 2. The Morgan fingerprint density at radius 1 is 1.27 bits per heavy atom. The summed E-state index contributed by atoms with van der Waals surface area (Å²) in [7, 11) is 3.13. The first-order chi connectivity index (χ1) is 10.3. The average Bonchev–Trinajstić information content (AvgIpc) is 2.50. The van der Waals surface area contributed by atoms with E-state index in [1.165, 1.54) is 6.92 Å². The van der Waals surface area contributed by atoms with E-state index >= 15 is 0 Å². The largest absolute Gasteiger partial charge is 0.493 e. The van der Waals surface area contributed by atoms with Crippen LogP contribution in [-0.4, -0.2) is 48.3 Å². The van der Waals surface area contributed by atoms with Gasteiger partial charge in [0.05, 0.1) is 20.3 Å². The van der Waals surface area contributed by atoms with Gasteiger partial charge in [0.1, 0.15) is 6.04 Å². The molecule has 0 aliphatic heterocycles. The first-order valence-electron chi connectivity index (χ1n) is 7.27. The molecule has 0 unspecified atom stereocenters. The van der Waals surface area contributed by atoms with E-state index in [-0.39, 0.29) is 11.9 Å². The summed E-state index contributed by atoms with van der Waals surface area (Å²) in [5, 5.41) is 9.55. The average molecular weight is 310 g/mol. The zero-order valence-corrected chi connectivity index (χ0v) is 13.9. The molecule has 0 heterocycles. The topological polar surface area (TPSA) is 85.0 Å². The molecule has 6 heteroatoms. The second kappa shape index (κ2) is 8.00. The lowest BCUT2D eigenvalue weighted by atomic mass is 10.1. The summed E-state index contributed by atoms with van der Waals surface area (Å²) < 4.78 is 10.7. The van der Waals surface area contributed by atoms with Crippen molar-refractivity contribution < 1.29 is 19.4 Å². The Bertz CT molecular complexity index is 503. The van der Waals surface area contributed by atoms with Gasteiger partial charge in [0.2, 0.25) is 5.91 Å². The Morgan fingerprint density at radius 2 is 1.91 bits per heavy atom. The van der Waals surface area contributed by atoms with Gasteiger partial charge in [0.15, 0.2) is 11.5 Å².